The Morgan fingerprint density at radius 3 is 2.48 bits per heavy atom. The highest BCUT2D eigenvalue weighted by Gasteiger charge is 2.25. The Bertz CT molecular complexity index is 558. The van der Waals surface area contributed by atoms with E-state index in [1.807, 2.05) is 24.0 Å². The maximum absolute atomic E-state index is 12.2. The summed E-state index contributed by atoms with van der Waals surface area (Å²) in [5, 5.41) is 3.13. The van der Waals surface area contributed by atoms with Crippen molar-refractivity contribution in [3.63, 3.8) is 0 Å². The number of carbonyl (C=O) groups excluding carboxylic acids is 2. The zero-order valence-electron chi connectivity index (χ0n) is 13.7. The SMILES string of the molecule is Cc1ccc(C(=O)NC2CCN(CC(=O)N3CCCC3)CC2)s1. The zero-order valence-corrected chi connectivity index (χ0v) is 14.5. The zero-order chi connectivity index (χ0) is 16.2. The smallest absolute Gasteiger partial charge is 0.261 e. The van der Waals surface area contributed by atoms with Crippen LogP contribution in [0.25, 0.3) is 0 Å². The summed E-state index contributed by atoms with van der Waals surface area (Å²) < 4.78 is 0. The molecule has 3 rings (SSSR count). The third kappa shape index (κ3) is 4.32. The van der Waals surface area contributed by atoms with Crippen molar-refractivity contribution in [2.24, 2.45) is 0 Å². The summed E-state index contributed by atoms with van der Waals surface area (Å²) >= 11 is 1.53. The maximum atomic E-state index is 12.2. The Morgan fingerprint density at radius 1 is 1.17 bits per heavy atom. The summed E-state index contributed by atoms with van der Waals surface area (Å²) in [5.74, 6) is 0.300. The first-order valence-electron chi connectivity index (χ1n) is 8.49. The third-order valence-corrected chi connectivity index (χ3v) is 5.70. The molecule has 126 valence electrons. The van der Waals surface area contributed by atoms with Crippen molar-refractivity contribution in [3.8, 4) is 0 Å². The Balaban J connectivity index is 1.41. The number of nitrogens with one attached hydrogen (secondary N) is 1. The molecule has 0 aromatic carbocycles. The van der Waals surface area contributed by atoms with Crippen LogP contribution in [0.15, 0.2) is 12.1 Å². The molecule has 0 spiro atoms. The molecular weight excluding hydrogens is 310 g/mol. The summed E-state index contributed by atoms with van der Waals surface area (Å²) in [4.78, 5) is 30.5. The van der Waals surface area contributed by atoms with Gasteiger partial charge in [0.25, 0.3) is 5.91 Å². The van der Waals surface area contributed by atoms with Crippen LogP contribution in [-0.4, -0.2) is 60.4 Å². The fraction of sp³-hybridized carbons (Fsp3) is 0.647. The summed E-state index contributed by atoms with van der Waals surface area (Å²) in [5.41, 5.74) is 0. The normalized spacial score (nSPS) is 20.0. The van der Waals surface area contributed by atoms with Crippen LogP contribution in [0.4, 0.5) is 0 Å². The molecule has 0 aliphatic carbocycles. The van der Waals surface area contributed by atoms with Crippen LogP contribution in [-0.2, 0) is 4.79 Å². The van der Waals surface area contributed by atoms with Crippen LogP contribution in [0.2, 0.25) is 0 Å². The van der Waals surface area contributed by atoms with Gasteiger partial charge in [-0.05, 0) is 44.7 Å². The van der Waals surface area contributed by atoms with Gasteiger partial charge in [0, 0.05) is 37.1 Å². The lowest BCUT2D eigenvalue weighted by molar-refractivity contribution is -0.131. The molecule has 6 heteroatoms. The first kappa shape index (κ1) is 16.5. The van der Waals surface area contributed by atoms with Crippen LogP contribution < -0.4 is 5.32 Å². The number of aryl methyl sites for hydroxylation is 1. The first-order valence-corrected chi connectivity index (χ1v) is 9.31. The summed E-state index contributed by atoms with van der Waals surface area (Å²) in [6, 6.07) is 4.09. The lowest BCUT2D eigenvalue weighted by Gasteiger charge is -2.32. The summed E-state index contributed by atoms with van der Waals surface area (Å²) in [6.45, 7) is 6.15. The molecule has 0 saturated carbocycles. The number of amides is 2. The monoisotopic (exact) mass is 335 g/mol. The number of carbonyl (C=O) groups is 2. The average Bonchev–Trinajstić information content (AvgIpc) is 3.20. The molecule has 3 heterocycles. The Kier molecular flexibility index (Phi) is 5.33. The predicted octanol–water partition coefficient (Wildman–Crippen LogP) is 1.87. The topological polar surface area (TPSA) is 52.7 Å². The van der Waals surface area contributed by atoms with E-state index in [1.165, 1.54) is 11.3 Å². The number of thiophene rings is 1. The third-order valence-electron chi connectivity index (χ3n) is 4.70. The van der Waals surface area contributed by atoms with Crippen LogP contribution in [0.1, 0.15) is 40.2 Å². The van der Waals surface area contributed by atoms with E-state index in [-0.39, 0.29) is 17.9 Å². The van der Waals surface area contributed by atoms with Gasteiger partial charge in [-0.1, -0.05) is 0 Å². The molecule has 23 heavy (non-hydrogen) atoms. The maximum Gasteiger partial charge on any atom is 0.261 e. The molecule has 0 radical (unpaired) electrons. The molecule has 1 aromatic rings. The van der Waals surface area contributed by atoms with Gasteiger partial charge in [0.2, 0.25) is 5.91 Å². The second kappa shape index (κ2) is 7.45. The van der Waals surface area contributed by atoms with Crippen molar-refractivity contribution < 1.29 is 9.59 Å². The van der Waals surface area contributed by atoms with E-state index in [1.54, 1.807) is 0 Å². The Morgan fingerprint density at radius 2 is 1.87 bits per heavy atom. The van der Waals surface area contributed by atoms with Crippen LogP contribution >= 0.6 is 11.3 Å². The molecule has 2 aliphatic heterocycles. The fourth-order valence-electron chi connectivity index (χ4n) is 3.31. The number of hydrogen-bond donors (Lipinski definition) is 1. The first-order chi connectivity index (χ1) is 11.1. The highest BCUT2D eigenvalue weighted by atomic mass is 32.1. The standard InChI is InChI=1S/C17H25N3O2S/c1-13-4-5-15(23-13)17(22)18-14-6-10-19(11-7-14)12-16(21)20-8-2-3-9-20/h4-5,14H,2-3,6-12H2,1H3,(H,18,22). The molecule has 2 saturated heterocycles. The van der Waals surface area contributed by atoms with Crippen molar-refractivity contribution in [3.05, 3.63) is 21.9 Å². The van der Waals surface area contributed by atoms with Gasteiger partial charge < -0.3 is 10.2 Å². The van der Waals surface area contributed by atoms with Crippen molar-refractivity contribution in [2.45, 2.75) is 38.6 Å². The minimum absolute atomic E-state index is 0.0368. The van der Waals surface area contributed by atoms with Gasteiger partial charge >= 0.3 is 0 Å². The number of hydrogen-bond acceptors (Lipinski definition) is 4. The Hall–Kier alpha value is -1.40. The van der Waals surface area contributed by atoms with E-state index in [9.17, 15) is 9.59 Å². The van der Waals surface area contributed by atoms with E-state index in [0.29, 0.717) is 6.54 Å². The molecular formula is C17H25N3O2S. The number of piperidine rings is 1. The van der Waals surface area contributed by atoms with E-state index in [4.69, 9.17) is 0 Å². The quantitative estimate of drug-likeness (QED) is 0.914. The van der Waals surface area contributed by atoms with Gasteiger partial charge in [-0.25, -0.2) is 0 Å². The number of nitrogens with zero attached hydrogens (tertiary/aromatic N) is 2. The Labute approximate surface area is 141 Å². The van der Waals surface area contributed by atoms with Gasteiger partial charge in [-0.15, -0.1) is 11.3 Å². The highest BCUT2D eigenvalue weighted by molar-refractivity contribution is 7.13. The molecule has 2 aliphatic rings. The summed E-state index contributed by atoms with van der Waals surface area (Å²) in [6.07, 6.45) is 4.12. The van der Waals surface area contributed by atoms with Crippen LogP contribution in [0, 0.1) is 6.92 Å². The van der Waals surface area contributed by atoms with E-state index in [2.05, 4.69) is 10.2 Å². The second-order valence-corrected chi connectivity index (χ2v) is 7.81. The highest BCUT2D eigenvalue weighted by Crippen LogP contribution is 2.17. The largest absolute Gasteiger partial charge is 0.349 e. The van der Waals surface area contributed by atoms with E-state index in [0.717, 1.165) is 61.6 Å². The summed E-state index contributed by atoms with van der Waals surface area (Å²) in [7, 11) is 0. The lowest BCUT2D eigenvalue weighted by atomic mass is 10.0. The molecule has 5 nitrogen and oxygen atoms in total. The van der Waals surface area contributed by atoms with Gasteiger partial charge in [0.1, 0.15) is 0 Å². The predicted molar refractivity (Wildman–Crippen MR) is 91.8 cm³/mol. The van der Waals surface area contributed by atoms with Gasteiger partial charge in [-0.2, -0.15) is 0 Å². The minimum atomic E-state index is 0.0368. The minimum Gasteiger partial charge on any atom is -0.349 e. The van der Waals surface area contributed by atoms with Gasteiger partial charge in [-0.3, -0.25) is 14.5 Å². The average molecular weight is 335 g/mol. The van der Waals surface area contributed by atoms with Gasteiger partial charge in [0.15, 0.2) is 0 Å². The van der Waals surface area contributed by atoms with Crippen molar-refractivity contribution in [2.75, 3.05) is 32.7 Å². The molecule has 0 bridgehead atoms. The molecule has 2 amide bonds. The molecule has 0 atom stereocenters. The number of likely N-dealkylation sites (tertiary alicyclic amines) is 2. The van der Waals surface area contributed by atoms with Crippen molar-refractivity contribution >= 4 is 23.2 Å². The molecule has 1 N–H and O–H groups in total. The van der Waals surface area contributed by atoms with Crippen LogP contribution in [0.3, 0.4) is 0 Å². The van der Waals surface area contributed by atoms with Crippen LogP contribution in [0.5, 0.6) is 0 Å². The number of rotatable bonds is 4. The molecule has 1 aromatic heterocycles. The second-order valence-electron chi connectivity index (χ2n) is 6.52. The van der Waals surface area contributed by atoms with E-state index >= 15 is 0 Å². The fourth-order valence-corrected chi connectivity index (χ4v) is 4.08. The molecule has 2 fully saturated rings. The van der Waals surface area contributed by atoms with Crippen molar-refractivity contribution in [1.82, 2.24) is 15.1 Å². The van der Waals surface area contributed by atoms with E-state index < -0.39 is 0 Å². The lowest BCUT2D eigenvalue weighted by Crippen LogP contribution is -2.47. The van der Waals surface area contributed by atoms with Crippen molar-refractivity contribution in [1.29, 1.82) is 0 Å². The molecule has 0 unspecified atom stereocenters. The van der Waals surface area contributed by atoms with Gasteiger partial charge in [0.05, 0.1) is 11.4 Å².